The number of carboxylic acid groups (broad SMARTS) is 1. The van der Waals surface area contributed by atoms with Crippen molar-refractivity contribution in [2.24, 2.45) is 5.92 Å². The van der Waals surface area contributed by atoms with Crippen LogP contribution < -0.4 is 5.32 Å². The summed E-state index contributed by atoms with van der Waals surface area (Å²) in [5.41, 5.74) is 0. The second-order valence-electron chi connectivity index (χ2n) is 6.91. The zero-order valence-corrected chi connectivity index (χ0v) is 13.9. The van der Waals surface area contributed by atoms with E-state index in [1.165, 1.54) is 6.42 Å². The molecule has 0 spiro atoms. The predicted molar refractivity (Wildman–Crippen MR) is 84.8 cm³/mol. The molecule has 1 aliphatic carbocycles. The van der Waals surface area contributed by atoms with Gasteiger partial charge in [0.15, 0.2) is 0 Å². The number of carboxylic acids is 1. The molecule has 1 saturated heterocycles. The number of urea groups is 1. The van der Waals surface area contributed by atoms with Crippen molar-refractivity contribution in [3.63, 3.8) is 0 Å². The highest BCUT2D eigenvalue weighted by Gasteiger charge is 2.36. The standard InChI is InChI=1S/C16H29N3O3/c1-4-18(10-15(20)21)14-7-13(8-14)17-16(22)19-9-11(2)5-6-12(19)3/h11-14H,4-10H2,1-3H3,(H,17,22)(H,20,21). The van der Waals surface area contributed by atoms with Crippen LogP contribution in [-0.2, 0) is 4.79 Å². The van der Waals surface area contributed by atoms with Gasteiger partial charge in [0.25, 0.3) is 0 Å². The first-order valence-electron chi connectivity index (χ1n) is 8.43. The molecule has 1 heterocycles. The van der Waals surface area contributed by atoms with Crippen LogP contribution >= 0.6 is 0 Å². The van der Waals surface area contributed by atoms with Crippen molar-refractivity contribution in [2.75, 3.05) is 19.6 Å². The maximum Gasteiger partial charge on any atom is 0.317 e. The summed E-state index contributed by atoms with van der Waals surface area (Å²) in [7, 11) is 0. The molecule has 0 bridgehead atoms. The number of nitrogens with one attached hydrogen (secondary N) is 1. The molecule has 2 aliphatic rings. The van der Waals surface area contributed by atoms with Crippen LogP contribution in [0.15, 0.2) is 0 Å². The Morgan fingerprint density at radius 2 is 1.95 bits per heavy atom. The summed E-state index contributed by atoms with van der Waals surface area (Å²) in [6.45, 7) is 7.94. The van der Waals surface area contributed by atoms with Crippen LogP contribution in [0.1, 0.15) is 46.5 Å². The topological polar surface area (TPSA) is 72.9 Å². The van der Waals surface area contributed by atoms with E-state index in [1.807, 2.05) is 16.7 Å². The van der Waals surface area contributed by atoms with E-state index in [9.17, 15) is 9.59 Å². The Kier molecular flexibility index (Phi) is 5.67. The first-order chi connectivity index (χ1) is 10.4. The first-order valence-corrected chi connectivity index (χ1v) is 8.43. The quantitative estimate of drug-likeness (QED) is 0.811. The SMILES string of the molecule is CCN(CC(=O)O)C1CC(NC(=O)N2CC(C)CCC2C)C1. The maximum absolute atomic E-state index is 12.4. The molecule has 2 atom stereocenters. The minimum Gasteiger partial charge on any atom is -0.480 e. The smallest absolute Gasteiger partial charge is 0.317 e. The van der Waals surface area contributed by atoms with Crippen molar-refractivity contribution in [3.8, 4) is 0 Å². The van der Waals surface area contributed by atoms with Gasteiger partial charge in [-0.2, -0.15) is 0 Å². The first kappa shape index (κ1) is 17.1. The molecule has 1 saturated carbocycles. The van der Waals surface area contributed by atoms with E-state index in [0.717, 1.165) is 32.4 Å². The third kappa shape index (κ3) is 4.12. The molecule has 0 aromatic heterocycles. The van der Waals surface area contributed by atoms with Gasteiger partial charge >= 0.3 is 12.0 Å². The lowest BCUT2D eigenvalue weighted by atomic mass is 9.85. The van der Waals surface area contributed by atoms with E-state index >= 15 is 0 Å². The van der Waals surface area contributed by atoms with Gasteiger partial charge in [0.1, 0.15) is 0 Å². The normalized spacial score (nSPS) is 31.7. The highest BCUT2D eigenvalue weighted by molar-refractivity contribution is 5.75. The second kappa shape index (κ2) is 7.31. The van der Waals surface area contributed by atoms with Gasteiger partial charge in [-0.25, -0.2) is 4.79 Å². The third-order valence-electron chi connectivity index (χ3n) is 5.08. The minimum absolute atomic E-state index is 0.0452. The molecule has 0 aromatic rings. The van der Waals surface area contributed by atoms with Crippen LogP contribution in [0, 0.1) is 5.92 Å². The van der Waals surface area contributed by atoms with E-state index < -0.39 is 5.97 Å². The Bertz CT molecular complexity index is 409. The Morgan fingerprint density at radius 3 is 2.55 bits per heavy atom. The number of likely N-dealkylation sites (tertiary alicyclic amines) is 1. The summed E-state index contributed by atoms with van der Waals surface area (Å²) in [5.74, 6) is -0.215. The molecule has 6 heteroatoms. The van der Waals surface area contributed by atoms with Crippen molar-refractivity contribution in [2.45, 2.75) is 64.6 Å². The zero-order valence-electron chi connectivity index (χ0n) is 13.9. The molecule has 1 aliphatic heterocycles. The maximum atomic E-state index is 12.4. The van der Waals surface area contributed by atoms with Gasteiger partial charge in [-0.1, -0.05) is 13.8 Å². The average Bonchev–Trinajstić information content (AvgIpc) is 2.42. The van der Waals surface area contributed by atoms with Crippen LogP contribution in [-0.4, -0.2) is 64.7 Å². The van der Waals surface area contributed by atoms with Crippen LogP contribution in [0.4, 0.5) is 4.79 Å². The number of hydrogen-bond donors (Lipinski definition) is 2. The Morgan fingerprint density at radius 1 is 1.27 bits per heavy atom. The van der Waals surface area contributed by atoms with Crippen LogP contribution in [0.2, 0.25) is 0 Å². The van der Waals surface area contributed by atoms with Crippen molar-refractivity contribution < 1.29 is 14.7 Å². The number of carbonyl (C=O) groups is 2. The van der Waals surface area contributed by atoms with E-state index in [1.54, 1.807) is 0 Å². The molecule has 2 rings (SSSR count). The van der Waals surface area contributed by atoms with Crippen molar-refractivity contribution in [3.05, 3.63) is 0 Å². The molecule has 2 amide bonds. The Labute approximate surface area is 132 Å². The lowest BCUT2D eigenvalue weighted by Gasteiger charge is -2.44. The van der Waals surface area contributed by atoms with E-state index in [0.29, 0.717) is 12.0 Å². The number of piperidine rings is 1. The summed E-state index contributed by atoms with van der Waals surface area (Å²) < 4.78 is 0. The number of carbonyl (C=O) groups excluding carboxylic acids is 1. The van der Waals surface area contributed by atoms with Gasteiger partial charge in [-0.3, -0.25) is 9.69 Å². The second-order valence-corrected chi connectivity index (χ2v) is 6.91. The molecular weight excluding hydrogens is 282 g/mol. The monoisotopic (exact) mass is 311 g/mol. The molecule has 2 fully saturated rings. The lowest BCUT2D eigenvalue weighted by molar-refractivity contribution is -0.139. The predicted octanol–water partition coefficient (Wildman–Crippen LogP) is 1.75. The number of likely N-dealkylation sites (N-methyl/N-ethyl adjacent to an activating group) is 1. The van der Waals surface area contributed by atoms with Gasteiger partial charge < -0.3 is 15.3 Å². The van der Waals surface area contributed by atoms with E-state index in [-0.39, 0.29) is 24.7 Å². The fourth-order valence-corrected chi connectivity index (χ4v) is 3.51. The van der Waals surface area contributed by atoms with Crippen LogP contribution in [0.25, 0.3) is 0 Å². The van der Waals surface area contributed by atoms with Gasteiger partial charge in [-0.15, -0.1) is 0 Å². The van der Waals surface area contributed by atoms with Crippen LogP contribution in [0.3, 0.4) is 0 Å². The largest absolute Gasteiger partial charge is 0.480 e. The average molecular weight is 311 g/mol. The highest BCUT2D eigenvalue weighted by atomic mass is 16.4. The lowest BCUT2D eigenvalue weighted by Crippen LogP contribution is -2.58. The van der Waals surface area contributed by atoms with Gasteiger partial charge in [-0.05, 0) is 45.1 Å². The third-order valence-corrected chi connectivity index (χ3v) is 5.08. The molecular formula is C16H29N3O3. The summed E-state index contributed by atoms with van der Waals surface area (Å²) in [4.78, 5) is 27.1. The fourth-order valence-electron chi connectivity index (χ4n) is 3.51. The summed E-state index contributed by atoms with van der Waals surface area (Å²) in [6, 6.07) is 0.823. The van der Waals surface area contributed by atoms with Gasteiger partial charge in [0.2, 0.25) is 0 Å². The number of amides is 2. The molecule has 126 valence electrons. The van der Waals surface area contributed by atoms with Gasteiger partial charge in [0, 0.05) is 24.7 Å². The fraction of sp³-hybridized carbons (Fsp3) is 0.875. The molecule has 0 aromatic carbocycles. The van der Waals surface area contributed by atoms with Crippen molar-refractivity contribution in [1.29, 1.82) is 0 Å². The molecule has 2 N–H and O–H groups in total. The summed E-state index contributed by atoms with van der Waals surface area (Å²) in [5, 5.41) is 12.0. The zero-order chi connectivity index (χ0) is 16.3. The minimum atomic E-state index is -0.787. The number of hydrogen-bond acceptors (Lipinski definition) is 3. The summed E-state index contributed by atoms with van der Waals surface area (Å²) in [6.07, 6.45) is 3.97. The molecule has 22 heavy (non-hydrogen) atoms. The summed E-state index contributed by atoms with van der Waals surface area (Å²) >= 11 is 0. The Balaban J connectivity index is 1.77. The van der Waals surface area contributed by atoms with E-state index in [4.69, 9.17) is 5.11 Å². The van der Waals surface area contributed by atoms with Gasteiger partial charge in [0.05, 0.1) is 6.54 Å². The number of nitrogens with zero attached hydrogens (tertiary/aromatic N) is 2. The Hall–Kier alpha value is -1.30. The molecule has 2 unspecified atom stereocenters. The van der Waals surface area contributed by atoms with Crippen LogP contribution in [0.5, 0.6) is 0 Å². The highest BCUT2D eigenvalue weighted by Crippen LogP contribution is 2.27. The van der Waals surface area contributed by atoms with E-state index in [2.05, 4.69) is 19.2 Å². The van der Waals surface area contributed by atoms with Crippen molar-refractivity contribution in [1.82, 2.24) is 15.1 Å². The number of rotatable bonds is 5. The van der Waals surface area contributed by atoms with Crippen molar-refractivity contribution >= 4 is 12.0 Å². The molecule has 6 nitrogen and oxygen atoms in total. The molecule has 0 radical (unpaired) electrons. The number of aliphatic carboxylic acids is 1.